The molecule has 0 atom stereocenters. The fraction of sp³-hybridized carbons (Fsp3) is 0.750. The number of nitrogens with zero attached hydrogens (tertiary/aromatic N) is 3. The van der Waals surface area contributed by atoms with Crippen LogP contribution in [-0.4, -0.2) is 45.3 Å². The molecule has 0 bridgehead atoms. The number of hydrogen-bond acceptors (Lipinski definition) is 6. The van der Waals surface area contributed by atoms with E-state index in [2.05, 4.69) is 9.36 Å². The summed E-state index contributed by atoms with van der Waals surface area (Å²) in [5.41, 5.74) is 0. The number of carbonyl (C=O) groups excluding carboxylic acids is 1. The van der Waals surface area contributed by atoms with Gasteiger partial charge in [-0.3, -0.25) is 4.79 Å². The Morgan fingerprint density at radius 1 is 1.32 bits per heavy atom. The number of amides is 1. The van der Waals surface area contributed by atoms with Gasteiger partial charge in [0.05, 0.1) is 0 Å². The largest absolute Gasteiger partial charge is 0.343 e. The summed E-state index contributed by atoms with van der Waals surface area (Å²) in [7, 11) is 0. The van der Waals surface area contributed by atoms with Gasteiger partial charge >= 0.3 is 0 Å². The summed E-state index contributed by atoms with van der Waals surface area (Å²) in [6.45, 7) is 1.89. The Labute approximate surface area is 126 Å². The third-order valence-corrected chi connectivity index (χ3v) is 5.57. The third kappa shape index (κ3) is 4.96. The van der Waals surface area contributed by atoms with Crippen molar-refractivity contribution in [3.05, 3.63) is 0 Å². The fourth-order valence-electron chi connectivity index (χ4n) is 2.04. The fourth-order valence-corrected chi connectivity index (χ4v) is 4.25. The second-order valence-corrected chi connectivity index (χ2v) is 7.31. The SMILES string of the molecule is CSc1nsc(SCCC(=O)N2CCCCCC2)n1. The van der Waals surface area contributed by atoms with Gasteiger partial charge in [-0.25, -0.2) is 4.98 Å². The summed E-state index contributed by atoms with van der Waals surface area (Å²) in [6.07, 6.45) is 7.43. The van der Waals surface area contributed by atoms with Crippen molar-refractivity contribution in [3.63, 3.8) is 0 Å². The first kappa shape index (κ1) is 15.1. The van der Waals surface area contributed by atoms with Crippen LogP contribution in [0.1, 0.15) is 32.1 Å². The minimum Gasteiger partial charge on any atom is -0.343 e. The van der Waals surface area contributed by atoms with E-state index in [4.69, 9.17) is 0 Å². The average Bonchev–Trinajstić information content (AvgIpc) is 2.71. The van der Waals surface area contributed by atoms with Gasteiger partial charge in [0.1, 0.15) is 0 Å². The Bertz CT molecular complexity index is 403. The van der Waals surface area contributed by atoms with Gasteiger partial charge in [0.2, 0.25) is 11.1 Å². The Morgan fingerprint density at radius 2 is 2.05 bits per heavy atom. The number of thioether (sulfide) groups is 2. The molecule has 0 unspecified atom stereocenters. The first-order chi connectivity index (χ1) is 9.29. The lowest BCUT2D eigenvalue weighted by Crippen LogP contribution is -2.31. The molecule has 1 aromatic heterocycles. The van der Waals surface area contributed by atoms with E-state index in [1.807, 2.05) is 11.2 Å². The smallest absolute Gasteiger partial charge is 0.223 e. The number of rotatable bonds is 5. The third-order valence-electron chi connectivity index (χ3n) is 3.07. The van der Waals surface area contributed by atoms with Crippen LogP contribution in [0.25, 0.3) is 0 Å². The lowest BCUT2D eigenvalue weighted by atomic mass is 10.2. The van der Waals surface area contributed by atoms with Crippen LogP contribution < -0.4 is 0 Å². The Hall–Kier alpha value is -0.270. The van der Waals surface area contributed by atoms with Crippen LogP contribution in [0.5, 0.6) is 0 Å². The van der Waals surface area contributed by atoms with Crippen LogP contribution >= 0.6 is 35.1 Å². The van der Waals surface area contributed by atoms with Crippen LogP contribution in [0, 0.1) is 0 Å². The summed E-state index contributed by atoms with van der Waals surface area (Å²) in [6, 6.07) is 0. The number of aromatic nitrogens is 2. The molecule has 1 aromatic rings. The molecule has 0 saturated carbocycles. The van der Waals surface area contributed by atoms with E-state index in [9.17, 15) is 4.79 Å². The first-order valence-corrected chi connectivity index (χ1v) is 9.56. The molecule has 19 heavy (non-hydrogen) atoms. The molecule has 0 N–H and O–H groups in total. The maximum Gasteiger partial charge on any atom is 0.223 e. The monoisotopic (exact) mass is 317 g/mol. The van der Waals surface area contributed by atoms with Crippen molar-refractivity contribution in [2.24, 2.45) is 0 Å². The van der Waals surface area contributed by atoms with Crippen molar-refractivity contribution in [3.8, 4) is 0 Å². The molecule has 1 fully saturated rings. The second kappa shape index (κ2) is 8.11. The normalized spacial score (nSPS) is 16.4. The summed E-state index contributed by atoms with van der Waals surface area (Å²) in [4.78, 5) is 18.5. The zero-order chi connectivity index (χ0) is 13.5. The van der Waals surface area contributed by atoms with E-state index in [1.54, 1.807) is 23.5 Å². The molecule has 1 aliphatic rings. The van der Waals surface area contributed by atoms with Gasteiger partial charge in [-0.2, -0.15) is 4.37 Å². The molecule has 106 valence electrons. The van der Waals surface area contributed by atoms with E-state index in [0.717, 1.165) is 41.2 Å². The van der Waals surface area contributed by atoms with Gasteiger partial charge in [0.25, 0.3) is 0 Å². The summed E-state index contributed by atoms with van der Waals surface area (Å²) in [5, 5.41) is 0.825. The Kier molecular flexibility index (Phi) is 6.46. The first-order valence-electron chi connectivity index (χ1n) is 6.58. The minimum absolute atomic E-state index is 0.295. The number of likely N-dealkylation sites (tertiary alicyclic amines) is 1. The van der Waals surface area contributed by atoms with Gasteiger partial charge in [0, 0.05) is 25.3 Å². The topological polar surface area (TPSA) is 46.1 Å². The van der Waals surface area contributed by atoms with Gasteiger partial charge in [-0.15, -0.1) is 0 Å². The quantitative estimate of drug-likeness (QED) is 0.781. The maximum atomic E-state index is 12.1. The molecule has 0 aromatic carbocycles. The van der Waals surface area contributed by atoms with Gasteiger partial charge in [0.15, 0.2) is 4.34 Å². The van der Waals surface area contributed by atoms with Crippen molar-refractivity contribution >= 4 is 41.0 Å². The average molecular weight is 318 g/mol. The maximum absolute atomic E-state index is 12.1. The Balaban J connectivity index is 1.70. The molecule has 1 amide bonds. The lowest BCUT2D eigenvalue weighted by Gasteiger charge is -2.19. The summed E-state index contributed by atoms with van der Waals surface area (Å²) in [5.74, 6) is 1.10. The predicted octanol–water partition coefficient (Wildman–Crippen LogP) is 3.14. The highest BCUT2D eigenvalue weighted by Gasteiger charge is 2.15. The Morgan fingerprint density at radius 3 is 2.68 bits per heavy atom. The van der Waals surface area contributed by atoms with Gasteiger partial charge < -0.3 is 4.90 Å². The predicted molar refractivity (Wildman–Crippen MR) is 82.1 cm³/mol. The highest BCUT2D eigenvalue weighted by atomic mass is 32.2. The van der Waals surface area contributed by atoms with E-state index in [-0.39, 0.29) is 0 Å². The number of carbonyl (C=O) groups is 1. The molecule has 7 heteroatoms. The molecular formula is C12H19N3OS3. The van der Waals surface area contributed by atoms with Crippen molar-refractivity contribution in [1.82, 2.24) is 14.3 Å². The summed E-state index contributed by atoms with van der Waals surface area (Å²) < 4.78 is 5.18. The molecule has 0 radical (unpaired) electrons. The molecule has 0 spiro atoms. The molecule has 0 aliphatic carbocycles. The molecular weight excluding hydrogens is 298 g/mol. The highest BCUT2D eigenvalue weighted by molar-refractivity contribution is 8.01. The number of hydrogen-bond donors (Lipinski definition) is 0. The van der Waals surface area contributed by atoms with E-state index >= 15 is 0 Å². The van der Waals surface area contributed by atoms with E-state index in [1.165, 1.54) is 24.4 Å². The lowest BCUT2D eigenvalue weighted by molar-refractivity contribution is -0.130. The molecule has 4 nitrogen and oxygen atoms in total. The van der Waals surface area contributed by atoms with Crippen LogP contribution in [0.2, 0.25) is 0 Å². The zero-order valence-electron chi connectivity index (χ0n) is 11.1. The molecule has 1 aliphatic heterocycles. The van der Waals surface area contributed by atoms with E-state index in [0.29, 0.717) is 12.3 Å². The molecule has 2 heterocycles. The van der Waals surface area contributed by atoms with Gasteiger partial charge in [-0.05, 0) is 30.6 Å². The van der Waals surface area contributed by atoms with Crippen LogP contribution in [0.15, 0.2) is 9.50 Å². The highest BCUT2D eigenvalue weighted by Crippen LogP contribution is 2.24. The second-order valence-electron chi connectivity index (χ2n) is 4.44. The van der Waals surface area contributed by atoms with Crippen LogP contribution in [-0.2, 0) is 4.79 Å². The van der Waals surface area contributed by atoms with Crippen molar-refractivity contribution in [2.45, 2.75) is 41.6 Å². The van der Waals surface area contributed by atoms with Crippen molar-refractivity contribution < 1.29 is 4.79 Å². The van der Waals surface area contributed by atoms with Crippen LogP contribution in [0.4, 0.5) is 0 Å². The van der Waals surface area contributed by atoms with Crippen molar-refractivity contribution in [2.75, 3.05) is 25.1 Å². The summed E-state index contributed by atoms with van der Waals surface area (Å²) >= 11 is 4.61. The van der Waals surface area contributed by atoms with Gasteiger partial charge in [-0.1, -0.05) is 36.4 Å². The van der Waals surface area contributed by atoms with Crippen LogP contribution in [0.3, 0.4) is 0 Å². The van der Waals surface area contributed by atoms with E-state index < -0.39 is 0 Å². The zero-order valence-corrected chi connectivity index (χ0v) is 13.6. The standard InChI is InChI=1S/C12H19N3OS3/c1-17-11-13-12(19-14-11)18-9-6-10(16)15-7-4-2-3-5-8-15/h2-9H2,1H3. The minimum atomic E-state index is 0.295. The molecule has 2 rings (SSSR count). The molecule has 1 saturated heterocycles. The van der Waals surface area contributed by atoms with Crippen molar-refractivity contribution in [1.29, 1.82) is 0 Å².